The fourth-order valence-electron chi connectivity index (χ4n) is 5.02. The standard InChI is InChI=1S/C45H37N3O14S/c1-6-32(49)24-55-25-56-34-19-30(20-35(22-34)58-27-60-41(52)9-4)44(54)62-42-28(5)18-36(61-43(53)29-14-16-33(17-15-29)57-26-59-40(51)8-3)21-31(42)23-46-48(39(50)7-2)45-47-37-12-10-11-13-38(37)63-45/h6-23H,1-4,24-27H2,5H3/b46-23+. The molecule has 0 fully saturated rings. The monoisotopic (exact) mass is 875 g/mol. The van der Waals surface area contributed by atoms with E-state index in [0.29, 0.717) is 11.3 Å². The van der Waals surface area contributed by atoms with Gasteiger partial charge < -0.3 is 37.9 Å². The molecule has 0 aliphatic rings. The van der Waals surface area contributed by atoms with Crippen molar-refractivity contribution in [3.8, 4) is 28.7 Å². The summed E-state index contributed by atoms with van der Waals surface area (Å²) in [6, 6.07) is 19.8. The molecule has 0 radical (unpaired) electrons. The van der Waals surface area contributed by atoms with Gasteiger partial charge in [-0.1, -0.05) is 49.8 Å². The van der Waals surface area contributed by atoms with Gasteiger partial charge in [0.2, 0.25) is 18.7 Å². The average molecular weight is 876 g/mol. The molecule has 0 bridgehead atoms. The number of anilines is 1. The number of ether oxygens (including phenoxy) is 8. The summed E-state index contributed by atoms with van der Waals surface area (Å²) < 4.78 is 43.8. The Kier molecular flexibility index (Phi) is 16.3. The molecular formula is C45H37N3O14S. The minimum Gasteiger partial charge on any atom is -0.467 e. The molecular weight excluding hydrogens is 839 g/mol. The Morgan fingerprint density at radius 2 is 1.32 bits per heavy atom. The number of aryl methyl sites for hydroxylation is 1. The van der Waals surface area contributed by atoms with E-state index in [4.69, 9.17) is 37.9 Å². The number of carbonyl (C=O) groups is 6. The molecule has 0 aliphatic carbocycles. The highest BCUT2D eigenvalue weighted by Gasteiger charge is 2.21. The molecule has 1 heterocycles. The maximum atomic E-state index is 13.9. The quantitative estimate of drug-likeness (QED) is 0.0133. The molecule has 0 saturated heterocycles. The van der Waals surface area contributed by atoms with E-state index in [1.807, 2.05) is 12.1 Å². The van der Waals surface area contributed by atoms with Crippen LogP contribution in [0, 0.1) is 6.92 Å². The third kappa shape index (κ3) is 13.1. The number of rotatable bonds is 22. The largest absolute Gasteiger partial charge is 0.467 e. The zero-order chi connectivity index (χ0) is 45.3. The van der Waals surface area contributed by atoms with Gasteiger partial charge in [0.1, 0.15) is 35.4 Å². The van der Waals surface area contributed by atoms with Gasteiger partial charge in [-0.25, -0.2) is 24.2 Å². The molecule has 5 rings (SSSR count). The normalized spacial score (nSPS) is 10.6. The molecule has 0 aliphatic heterocycles. The van der Waals surface area contributed by atoms with Crippen LogP contribution in [-0.2, 0) is 33.4 Å². The highest BCUT2D eigenvalue weighted by atomic mass is 32.1. The molecule has 17 nitrogen and oxygen atoms in total. The van der Waals surface area contributed by atoms with Crippen LogP contribution in [0.15, 0.2) is 135 Å². The van der Waals surface area contributed by atoms with Crippen LogP contribution in [0.5, 0.6) is 28.7 Å². The second-order valence-electron chi connectivity index (χ2n) is 12.4. The lowest BCUT2D eigenvalue weighted by Gasteiger charge is -2.16. The molecule has 0 saturated carbocycles. The number of hydrazone groups is 1. The van der Waals surface area contributed by atoms with Crippen molar-refractivity contribution in [2.45, 2.75) is 6.92 Å². The maximum absolute atomic E-state index is 13.9. The minimum absolute atomic E-state index is 0.00656. The van der Waals surface area contributed by atoms with Gasteiger partial charge in [0.25, 0.3) is 5.91 Å². The Morgan fingerprint density at radius 3 is 1.95 bits per heavy atom. The SMILES string of the molecule is C=CC(=O)COCOc1cc(OCOC(=O)C=C)cc(C(=O)Oc2c(C)cc(OC(=O)c3ccc(OCOC(=O)C=C)cc3)cc2/C=N/N(C(=O)C=C)c2nc3ccccc3s2)c1. The fraction of sp³-hybridized carbons (Fsp3) is 0.111. The van der Waals surface area contributed by atoms with Crippen molar-refractivity contribution in [3.63, 3.8) is 0 Å². The molecule has 0 atom stereocenters. The Morgan fingerprint density at radius 1 is 0.683 bits per heavy atom. The number of fused-ring (bicyclic) bond motifs is 1. The maximum Gasteiger partial charge on any atom is 0.343 e. The van der Waals surface area contributed by atoms with Crippen LogP contribution >= 0.6 is 11.3 Å². The number of para-hydroxylation sites is 1. The third-order valence-electron chi connectivity index (χ3n) is 8.02. The number of nitrogens with zero attached hydrogens (tertiary/aromatic N) is 3. The number of carbonyl (C=O) groups excluding carboxylic acids is 6. The van der Waals surface area contributed by atoms with Gasteiger partial charge in [0.15, 0.2) is 12.6 Å². The van der Waals surface area contributed by atoms with E-state index in [-0.39, 0.29) is 69.6 Å². The summed E-state index contributed by atoms with van der Waals surface area (Å²) in [5, 5.41) is 5.62. The van der Waals surface area contributed by atoms with E-state index >= 15 is 0 Å². The molecule has 0 N–H and O–H groups in total. The molecule has 322 valence electrons. The van der Waals surface area contributed by atoms with Crippen LogP contribution in [-0.4, -0.2) is 73.8 Å². The van der Waals surface area contributed by atoms with Crippen molar-refractivity contribution < 1.29 is 66.7 Å². The van der Waals surface area contributed by atoms with Gasteiger partial charge in [0.05, 0.1) is 27.6 Å². The number of hydrogen-bond acceptors (Lipinski definition) is 17. The van der Waals surface area contributed by atoms with E-state index < -0.39 is 43.4 Å². The van der Waals surface area contributed by atoms with Gasteiger partial charge in [-0.05, 0) is 85.3 Å². The van der Waals surface area contributed by atoms with E-state index in [1.165, 1.54) is 72.1 Å². The summed E-state index contributed by atoms with van der Waals surface area (Å²) in [5.74, 6) is -3.84. The summed E-state index contributed by atoms with van der Waals surface area (Å²) in [5.41, 5.74) is 1.00. The molecule has 4 aromatic carbocycles. The molecule has 1 amide bonds. The van der Waals surface area contributed by atoms with E-state index in [2.05, 4.69) is 36.4 Å². The zero-order valence-corrected chi connectivity index (χ0v) is 34.3. The zero-order valence-electron chi connectivity index (χ0n) is 33.5. The van der Waals surface area contributed by atoms with Gasteiger partial charge in [-0.2, -0.15) is 10.1 Å². The number of hydrogen-bond donors (Lipinski definition) is 0. The Labute approximate surface area is 363 Å². The predicted octanol–water partition coefficient (Wildman–Crippen LogP) is 6.84. The summed E-state index contributed by atoms with van der Waals surface area (Å²) in [7, 11) is 0. The number of amides is 1. The van der Waals surface area contributed by atoms with E-state index in [1.54, 1.807) is 19.1 Å². The Balaban J connectivity index is 1.48. The minimum atomic E-state index is -0.939. The van der Waals surface area contributed by atoms with Crippen molar-refractivity contribution in [3.05, 3.63) is 152 Å². The number of thiazole rings is 1. The Bertz CT molecular complexity index is 2570. The first kappa shape index (κ1) is 45.9. The number of ketones is 1. The third-order valence-corrected chi connectivity index (χ3v) is 9.03. The first-order chi connectivity index (χ1) is 30.4. The summed E-state index contributed by atoms with van der Waals surface area (Å²) in [4.78, 5) is 79.4. The smallest absolute Gasteiger partial charge is 0.343 e. The van der Waals surface area contributed by atoms with E-state index in [9.17, 15) is 28.8 Å². The molecule has 18 heteroatoms. The molecule has 5 aromatic rings. The van der Waals surface area contributed by atoms with Crippen molar-refractivity contribution in [1.29, 1.82) is 0 Å². The topological polar surface area (TPSA) is 205 Å². The second kappa shape index (κ2) is 22.4. The van der Waals surface area contributed by atoms with Crippen LogP contribution in [0.25, 0.3) is 10.2 Å². The van der Waals surface area contributed by atoms with Crippen molar-refractivity contribution >= 4 is 68.5 Å². The number of esters is 4. The van der Waals surface area contributed by atoms with Crippen LogP contribution < -0.4 is 28.7 Å². The van der Waals surface area contributed by atoms with Crippen molar-refractivity contribution in [2.75, 3.05) is 32.0 Å². The van der Waals surface area contributed by atoms with Gasteiger partial charge in [0, 0.05) is 23.8 Å². The first-order valence-electron chi connectivity index (χ1n) is 18.3. The van der Waals surface area contributed by atoms with Gasteiger partial charge in [-0.3, -0.25) is 9.59 Å². The highest BCUT2D eigenvalue weighted by molar-refractivity contribution is 7.22. The van der Waals surface area contributed by atoms with Crippen molar-refractivity contribution in [1.82, 2.24) is 4.98 Å². The summed E-state index contributed by atoms with van der Waals surface area (Å²) in [6.07, 6.45) is 5.29. The summed E-state index contributed by atoms with van der Waals surface area (Å²) in [6.45, 7) is 13.5. The molecule has 0 unspecified atom stereocenters. The van der Waals surface area contributed by atoms with Crippen LogP contribution in [0.3, 0.4) is 0 Å². The van der Waals surface area contributed by atoms with Gasteiger partial charge >= 0.3 is 23.9 Å². The lowest BCUT2D eigenvalue weighted by atomic mass is 10.1. The van der Waals surface area contributed by atoms with Crippen LogP contribution in [0.4, 0.5) is 5.13 Å². The van der Waals surface area contributed by atoms with Crippen molar-refractivity contribution in [2.24, 2.45) is 5.10 Å². The second-order valence-corrected chi connectivity index (χ2v) is 13.4. The van der Waals surface area contributed by atoms with Crippen LogP contribution in [0.2, 0.25) is 0 Å². The highest BCUT2D eigenvalue weighted by Crippen LogP contribution is 2.33. The molecule has 1 aromatic heterocycles. The summed E-state index contributed by atoms with van der Waals surface area (Å²) >= 11 is 1.19. The van der Waals surface area contributed by atoms with Gasteiger partial charge in [-0.15, -0.1) is 0 Å². The lowest BCUT2D eigenvalue weighted by molar-refractivity contribution is -0.145. The lowest BCUT2D eigenvalue weighted by Crippen LogP contribution is -2.23. The van der Waals surface area contributed by atoms with Crippen LogP contribution in [0.1, 0.15) is 31.8 Å². The fourth-order valence-corrected chi connectivity index (χ4v) is 5.95. The molecule has 0 spiro atoms. The number of benzene rings is 4. The number of aromatic nitrogens is 1. The predicted molar refractivity (Wildman–Crippen MR) is 229 cm³/mol. The first-order valence-corrected chi connectivity index (χ1v) is 19.1. The van der Waals surface area contributed by atoms with E-state index in [0.717, 1.165) is 34.0 Å². The molecule has 63 heavy (non-hydrogen) atoms. The Hall–Kier alpha value is -8.22. The average Bonchev–Trinajstić information content (AvgIpc) is 3.72.